The highest BCUT2D eigenvalue weighted by Crippen LogP contribution is 2.33. The Morgan fingerprint density at radius 1 is 0.933 bits per heavy atom. The third kappa shape index (κ3) is 2.63. The maximum Gasteiger partial charge on any atom is 0.283 e. The van der Waals surface area contributed by atoms with E-state index in [-0.39, 0.29) is 5.56 Å². The molecule has 30 heavy (non-hydrogen) atoms. The molecule has 3 aromatic heterocycles. The minimum atomic E-state index is -0.129. The van der Waals surface area contributed by atoms with Gasteiger partial charge < -0.3 is 9.64 Å². The van der Waals surface area contributed by atoms with Crippen LogP contribution in [0.1, 0.15) is 0 Å². The number of nitrogens with zero attached hydrogens (tertiary/aromatic N) is 4. The zero-order chi connectivity index (χ0) is 20.1. The van der Waals surface area contributed by atoms with E-state index >= 15 is 0 Å². The summed E-state index contributed by atoms with van der Waals surface area (Å²) in [5.74, 6) is 0.807. The lowest BCUT2D eigenvalue weighted by Crippen LogP contribution is -2.37. The molecule has 1 fully saturated rings. The van der Waals surface area contributed by atoms with Gasteiger partial charge in [-0.25, -0.2) is 4.98 Å². The highest BCUT2D eigenvalue weighted by atomic mass is 32.1. The average Bonchev–Trinajstić information content (AvgIpc) is 3.24. The van der Waals surface area contributed by atoms with Crippen LogP contribution >= 0.6 is 11.3 Å². The maximum absolute atomic E-state index is 13.6. The maximum atomic E-state index is 13.6. The van der Waals surface area contributed by atoms with E-state index in [1.54, 1.807) is 0 Å². The van der Waals surface area contributed by atoms with Crippen molar-refractivity contribution in [1.29, 1.82) is 0 Å². The van der Waals surface area contributed by atoms with Gasteiger partial charge in [0.1, 0.15) is 4.83 Å². The van der Waals surface area contributed by atoms with E-state index in [0.29, 0.717) is 24.2 Å². The van der Waals surface area contributed by atoms with Crippen LogP contribution in [0.2, 0.25) is 0 Å². The largest absolute Gasteiger partial charge is 0.378 e. The average molecular weight is 414 g/mol. The van der Waals surface area contributed by atoms with Gasteiger partial charge in [-0.3, -0.25) is 4.79 Å². The highest BCUT2D eigenvalue weighted by molar-refractivity contribution is 7.17. The van der Waals surface area contributed by atoms with Crippen molar-refractivity contribution in [3.05, 3.63) is 70.3 Å². The van der Waals surface area contributed by atoms with Gasteiger partial charge in [0.2, 0.25) is 0 Å². The Kier molecular flexibility index (Phi) is 4.04. The molecule has 0 atom stereocenters. The molecule has 5 aromatic rings. The van der Waals surface area contributed by atoms with E-state index in [9.17, 15) is 4.79 Å². The summed E-state index contributed by atoms with van der Waals surface area (Å²) in [6.45, 7) is 2.81. The fourth-order valence-corrected chi connectivity index (χ4v) is 5.05. The van der Waals surface area contributed by atoms with Crippen LogP contribution in [-0.2, 0) is 4.74 Å². The summed E-state index contributed by atoms with van der Waals surface area (Å²) < 4.78 is 6.99. The van der Waals surface area contributed by atoms with Crippen LogP contribution in [-0.4, -0.2) is 40.9 Å². The van der Waals surface area contributed by atoms with Gasteiger partial charge in [-0.1, -0.05) is 54.6 Å². The second kappa shape index (κ2) is 6.90. The SMILES string of the molecule is O=c1c2c(-c3ccccc3)csc2nc2c3ccccc3c(N3CCOCC3)nn12. The number of morpholine rings is 1. The van der Waals surface area contributed by atoms with Gasteiger partial charge in [-0.2, -0.15) is 4.52 Å². The van der Waals surface area contributed by atoms with Gasteiger partial charge in [0, 0.05) is 34.8 Å². The lowest BCUT2D eigenvalue weighted by atomic mass is 10.1. The van der Waals surface area contributed by atoms with Crippen molar-refractivity contribution in [2.75, 3.05) is 31.2 Å². The zero-order valence-corrected chi connectivity index (χ0v) is 16.9. The molecule has 1 aliphatic heterocycles. The Bertz CT molecular complexity index is 1450. The van der Waals surface area contributed by atoms with Crippen LogP contribution < -0.4 is 10.5 Å². The smallest absolute Gasteiger partial charge is 0.283 e. The van der Waals surface area contributed by atoms with E-state index in [4.69, 9.17) is 14.8 Å². The van der Waals surface area contributed by atoms with Gasteiger partial charge in [0.05, 0.1) is 18.6 Å². The van der Waals surface area contributed by atoms with Gasteiger partial charge in [0.25, 0.3) is 5.56 Å². The first-order valence-corrected chi connectivity index (χ1v) is 10.8. The third-order valence-electron chi connectivity index (χ3n) is 5.58. The summed E-state index contributed by atoms with van der Waals surface area (Å²) in [6.07, 6.45) is 0. The molecule has 0 unspecified atom stereocenters. The van der Waals surface area contributed by atoms with Crippen LogP contribution in [0.5, 0.6) is 0 Å². The number of benzene rings is 2. The number of fused-ring (bicyclic) bond motifs is 4. The number of rotatable bonds is 2. The summed E-state index contributed by atoms with van der Waals surface area (Å²) in [5.41, 5.74) is 2.39. The van der Waals surface area contributed by atoms with E-state index in [1.807, 2.05) is 60.0 Å². The van der Waals surface area contributed by atoms with Crippen LogP contribution in [0.15, 0.2) is 64.8 Å². The van der Waals surface area contributed by atoms with Crippen molar-refractivity contribution in [3.8, 4) is 11.1 Å². The molecule has 0 amide bonds. The first kappa shape index (κ1) is 17.6. The van der Waals surface area contributed by atoms with E-state index in [1.165, 1.54) is 15.9 Å². The Labute approximate surface area is 176 Å². The van der Waals surface area contributed by atoms with Crippen molar-refractivity contribution in [3.63, 3.8) is 0 Å². The lowest BCUT2D eigenvalue weighted by molar-refractivity contribution is 0.122. The predicted molar refractivity (Wildman–Crippen MR) is 121 cm³/mol. The molecule has 0 N–H and O–H groups in total. The molecule has 0 radical (unpaired) electrons. The van der Waals surface area contributed by atoms with Gasteiger partial charge in [-0.15, -0.1) is 16.4 Å². The van der Waals surface area contributed by atoms with Crippen LogP contribution in [0, 0.1) is 0 Å². The molecule has 6 rings (SSSR count). The first-order chi connectivity index (χ1) is 14.8. The van der Waals surface area contributed by atoms with Crippen LogP contribution in [0.25, 0.3) is 37.8 Å². The summed E-state index contributed by atoms with van der Waals surface area (Å²) >= 11 is 1.50. The van der Waals surface area contributed by atoms with E-state index in [0.717, 1.165) is 45.6 Å². The number of thiophene rings is 1. The molecular formula is C23H18N4O2S. The Morgan fingerprint density at radius 2 is 1.67 bits per heavy atom. The second-order valence-electron chi connectivity index (χ2n) is 7.32. The minimum absolute atomic E-state index is 0.129. The lowest BCUT2D eigenvalue weighted by Gasteiger charge is -2.28. The molecular weight excluding hydrogens is 396 g/mol. The standard InChI is InChI=1S/C23H18N4O2S/c28-23-19-18(15-6-2-1-3-7-15)14-30-22(19)24-20-16-8-4-5-9-17(16)21(25-27(20)23)26-10-12-29-13-11-26/h1-9,14H,10-13H2. The van der Waals surface area contributed by atoms with Gasteiger partial charge in [-0.05, 0) is 5.56 Å². The highest BCUT2D eigenvalue weighted by Gasteiger charge is 2.21. The fourth-order valence-electron chi connectivity index (χ4n) is 4.11. The van der Waals surface area contributed by atoms with Gasteiger partial charge in [0.15, 0.2) is 11.5 Å². The molecule has 1 aliphatic rings. The first-order valence-electron chi connectivity index (χ1n) is 9.92. The molecule has 0 spiro atoms. The molecule has 6 nitrogen and oxygen atoms in total. The number of hydrogen-bond donors (Lipinski definition) is 0. The van der Waals surface area contributed by atoms with Crippen molar-refractivity contribution < 1.29 is 4.74 Å². The Morgan fingerprint density at radius 3 is 2.47 bits per heavy atom. The minimum Gasteiger partial charge on any atom is -0.378 e. The molecule has 2 aromatic carbocycles. The summed E-state index contributed by atoms with van der Waals surface area (Å²) in [7, 11) is 0. The number of hydrogen-bond acceptors (Lipinski definition) is 6. The number of aromatic nitrogens is 3. The molecule has 148 valence electrons. The Hall–Kier alpha value is -3.29. The molecule has 4 heterocycles. The topological polar surface area (TPSA) is 59.7 Å². The quantitative estimate of drug-likeness (QED) is 0.409. The summed E-state index contributed by atoms with van der Waals surface area (Å²) in [5, 5.41) is 9.38. The molecule has 0 bridgehead atoms. The Balaban J connectivity index is 1.70. The molecule has 0 saturated carbocycles. The normalized spacial score (nSPS) is 14.7. The number of ether oxygens (including phenoxy) is 1. The monoisotopic (exact) mass is 414 g/mol. The molecule has 7 heteroatoms. The van der Waals surface area contributed by atoms with E-state index in [2.05, 4.69) is 4.90 Å². The van der Waals surface area contributed by atoms with Crippen LogP contribution in [0.3, 0.4) is 0 Å². The number of anilines is 1. The van der Waals surface area contributed by atoms with E-state index < -0.39 is 0 Å². The van der Waals surface area contributed by atoms with Gasteiger partial charge >= 0.3 is 0 Å². The zero-order valence-electron chi connectivity index (χ0n) is 16.1. The molecule has 0 aliphatic carbocycles. The summed E-state index contributed by atoms with van der Waals surface area (Å²) in [4.78, 5) is 21.4. The van der Waals surface area contributed by atoms with Crippen molar-refractivity contribution in [2.24, 2.45) is 0 Å². The van der Waals surface area contributed by atoms with Crippen molar-refractivity contribution in [2.45, 2.75) is 0 Å². The molecule has 1 saturated heterocycles. The predicted octanol–water partition coefficient (Wildman–Crippen LogP) is 3.96. The van der Waals surface area contributed by atoms with Crippen LogP contribution in [0.4, 0.5) is 5.82 Å². The van der Waals surface area contributed by atoms with Crippen molar-refractivity contribution in [1.82, 2.24) is 14.6 Å². The van der Waals surface area contributed by atoms with Crippen molar-refractivity contribution >= 4 is 43.8 Å². The summed E-state index contributed by atoms with van der Waals surface area (Å²) in [6, 6.07) is 18.0. The third-order valence-corrected chi connectivity index (χ3v) is 6.46. The fraction of sp³-hybridized carbons (Fsp3) is 0.174. The second-order valence-corrected chi connectivity index (χ2v) is 8.17.